The van der Waals surface area contributed by atoms with Gasteiger partial charge in [-0.15, -0.1) is 11.3 Å². The van der Waals surface area contributed by atoms with E-state index in [0.717, 1.165) is 6.54 Å². The molecule has 1 aromatic rings. The zero-order valence-electron chi connectivity index (χ0n) is 12.2. The molecule has 4 heteroatoms. The molecule has 0 saturated carbocycles. The van der Waals surface area contributed by atoms with Crippen LogP contribution in [0.3, 0.4) is 0 Å². The molecule has 19 heavy (non-hydrogen) atoms. The molecule has 1 aromatic heterocycles. The molecule has 3 atom stereocenters. The van der Waals surface area contributed by atoms with Gasteiger partial charge in [0, 0.05) is 36.1 Å². The van der Waals surface area contributed by atoms with E-state index in [-0.39, 0.29) is 0 Å². The second kappa shape index (κ2) is 7.98. The van der Waals surface area contributed by atoms with E-state index in [0.29, 0.717) is 18.0 Å². The number of hydrogen-bond acceptors (Lipinski definition) is 4. The summed E-state index contributed by atoms with van der Waals surface area (Å²) in [4.78, 5) is 4.39. The van der Waals surface area contributed by atoms with E-state index < -0.39 is 0 Å². The Morgan fingerprint density at radius 1 is 1.42 bits per heavy atom. The molecule has 0 bridgehead atoms. The monoisotopic (exact) mass is 281 g/mol. The maximum atomic E-state index is 4.39. The summed E-state index contributed by atoms with van der Waals surface area (Å²) in [7, 11) is 0. The van der Waals surface area contributed by atoms with Gasteiger partial charge in [0.15, 0.2) is 0 Å². The number of hydrogen-bond donors (Lipinski definition) is 2. The molecule has 2 N–H and O–H groups in total. The maximum Gasteiger partial charge on any atom is 0.0965 e. The summed E-state index contributed by atoms with van der Waals surface area (Å²) in [5.74, 6) is 0.518. The number of thiazole rings is 1. The summed E-state index contributed by atoms with van der Waals surface area (Å²) in [5, 5.41) is 10.6. The van der Waals surface area contributed by atoms with Crippen LogP contribution in [0.1, 0.15) is 56.9 Å². The van der Waals surface area contributed by atoms with E-state index >= 15 is 0 Å². The topological polar surface area (TPSA) is 37.0 Å². The van der Waals surface area contributed by atoms with Gasteiger partial charge in [-0.05, 0) is 32.7 Å². The Labute approximate surface area is 121 Å². The fourth-order valence-corrected chi connectivity index (χ4v) is 3.45. The van der Waals surface area contributed by atoms with Gasteiger partial charge in [0.05, 0.1) is 5.01 Å². The summed E-state index contributed by atoms with van der Waals surface area (Å²) in [6.45, 7) is 6.79. The van der Waals surface area contributed by atoms with Crippen molar-refractivity contribution >= 4 is 11.3 Å². The average Bonchev–Trinajstić information content (AvgIpc) is 2.82. The minimum atomic E-state index is 0.518. The average molecular weight is 281 g/mol. The molecule has 108 valence electrons. The maximum absolute atomic E-state index is 4.39. The van der Waals surface area contributed by atoms with E-state index in [1.54, 1.807) is 11.3 Å². The van der Waals surface area contributed by atoms with Gasteiger partial charge in [-0.1, -0.05) is 19.8 Å². The predicted molar refractivity (Wildman–Crippen MR) is 82.9 cm³/mol. The Morgan fingerprint density at radius 2 is 2.32 bits per heavy atom. The molecule has 3 nitrogen and oxygen atoms in total. The van der Waals surface area contributed by atoms with Crippen molar-refractivity contribution in [3.63, 3.8) is 0 Å². The number of rotatable bonds is 6. The Balaban J connectivity index is 1.67. The van der Waals surface area contributed by atoms with Gasteiger partial charge < -0.3 is 10.6 Å². The van der Waals surface area contributed by atoms with Gasteiger partial charge in [-0.3, -0.25) is 0 Å². The van der Waals surface area contributed by atoms with Crippen LogP contribution in [0.15, 0.2) is 11.6 Å². The third-order valence-electron chi connectivity index (χ3n) is 3.95. The van der Waals surface area contributed by atoms with Gasteiger partial charge in [-0.25, -0.2) is 4.98 Å². The van der Waals surface area contributed by atoms with Crippen molar-refractivity contribution in [2.45, 2.75) is 64.0 Å². The Kier molecular flexibility index (Phi) is 6.28. The first-order valence-electron chi connectivity index (χ1n) is 7.62. The lowest BCUT2D eigenvalue weighted by Crippen LogP contribution is -2.38. The van der Waals surface area contributed by atoms with Crippen molar-refractivity contribution in [1.82, 2.24) is 15.6 Å². The molecular weight excluding hydrogens is 254 g/mol. The van der Waals surface area contributed by atoms with Gasteiger partial charge in [0.1, 0.15) is 0 Å². The highest BCUT2D eigenvalue weighted by atomic mass is 32.1. The standard InChI is InChI=1S/C15H27N3S/c1-12(15-17-8-9-19-15)11-18-13(2)10-14-6-4-3-5-7-16-14/h8-9,12-14,16,18H,3-7,10-11H2,1-2H3. The van der Waals surface area contributed by atoms with Crippen LogP contribution in [0.25, 0.3) is 0 Å². The van der Waals surface area contributed by atoms with E-state index in [9.17, 15) is 0 Å². The zero-order chi connectivity index (χ0) is 13.5. The van der Waals surface area contributed by atoms with Crippen LogP contribution in [0.2, 0.25) is 0 Å². The van der Waals surface area contributed by atoms with Crippen LogP contribution < -0.4 is 10.6 Å². The highest BCUT2D eigenvalue weighted by Gasteiger charge is 2.16. The summed E-state index contributed by atoms with van der Waals surface area (Å²) in [6.07, 6.45) is 8.61. The van der Waals surface area contributed by atoms with E-state index in [1.807, 2.05) is 6.20 Å². The minimum Gasteiger partial charge on any atom is -0.314 e. The van der Waals surface area contributed by atoms with Crippen molar-refractivity contribution in [2.24, 2.45) is 0 Å². The first-order valence-corrected chi connectivity index (χ1v) is 8.50. The van der Waals surface area contributed by atoms with Gasteiger partial charge in [0.25, 0.3) is 0 Å². The highest BCUT2D eigenvalue weighted by molar-refractivity contribution is 7.09. The van der Waals surface area contributed by atoms with Crippen molar-refractivity contribution in [3.8, 4) is 0 Å². The molecule has 2 rings (SSSR count). The highest BCUT2D eigenvalue weighted by Crippen LogP contribution is 2.17. The first kappa shape index (κ1) is 14.9. The molecule has 1 aliphatic heterocycles. The summed E-state index contributed by atoms with van der Waals surface area (Å²) < 4.78 is 0. The van der Waals surface area contributed by atoms with Gasteiger partial charge in [0.2, 0.25) is 0 Å². The third-order valence-corrected chi connectivity index (χ3v) is 4.95. The van der Waals surface area contributed by atoms with Crippen molar-refractivity contribution < 1.29 is 0 Å². The minimum absolute atomic E-state index is 0.518. The zero-order valence-corrected chi connectivity index (χ0v) is 13.0. The number of aromatic nitrogens is 1. The summed E-state index contributed by atoms with van der Waals surface area (Å²) in [6, 6.07) is 1.29. The Bertz CT molecular complexity index is 331. The normalized spacial score (nSPS) is 23.8. The molecular formula is C15H27N3S. The fourth-order valence-electron chi connectivity index (χ4n) is 2.76. The predicted octanol–water partition coefficient (Wildman–Crippen LogP) is 3.15. The van der Waals surface area contributed by atoms with Crippen LogP contribution in [-0.2, 0) is 0 Å². The molecule has 0 radical (unpaired) electrons. The van der Waals surface area contributed by atoms with Crippen LogP contribution in [0.5, 0.6) is 0 Å². The molecule has 0 aromatic carbocycles. The third kappa shape index (κ3) is 5.21. The van der Waals surface area contributed by atoms with Crippen LogP contribution in [0.4, 0.5) is 0 Å². The van der Waals surface area contributed by atoms with Crippen LogP contribution in [0, 0.1) is 0 Å². The Morgan fingerprint density at radius 3 is 3.11 bits per heavy atom. The van der Waals surface area contributed by atoms with Crippen molar-refractivity contribution in [2.75, 3.05) is 13.1 Å². The summed E-state index contributed by atoms with van der Waals surface area (Å²) in [5.41, 5.74) is 0. The van der Waals surface area contributed by atoms with Gasteiger partial charge >= 0.3 is 0 Å². The van der Waals surface area contributed by atoms with Crippen LogP contribution >= 0.6 is 11.3 Å². The lowest BCUT2D eigenvalue weighted by atomic mass is 10.0. The molecule has 2 heterocycles. The van der Waals surface area contributed by atoms with Gasteiger partial charge in [-0.2, -0.15) is 0 Å². The van der Waals surface area contributed by atoms with Crippen molar-refractivity contribution in [1.29, 1.82) is 0 Å². The quantitative estimate of drug-likeness (QED) is 0.841. The Hall–Kier alpha value is -0.450. The summed E-state index contributed by atoms with van der Waals surface area (Å²) >= 11 is 1.76. The number of nitrogens with zero attached hydrogens (tertiary/aromatic N) is 1. The molecule has 0 amide bonds. The van der Waals surface area contributed by atoms with E-state index in [2.05, 4.69) is 34.8 Å². The van der Waals surface area contributed by atoms with Crippen molar-refractivity contribution in [3.05, 3.63) is 16.6 Å². The molecule has 0 aliphatic carbocycles. The van der Waals surface area contributed by atoms with Crippen LogP contribution in [-0.4, -0.2) is 30.2 Å². The van der Waals surface area contributed by atoms with E-state index in [4.69, 9.17) is 0 Å². The number of nitrogens with one attached hydrogen (secondary N) is 2. The molecule has 1 saturated heterocycles. The lowest BCUT2D eigenvalue weighted by Gasteiger charge is -2.22. The smallest absolute Gasteiger partial charge is 0.0965 e. The molecule has 1 aliphatic rings. The molecule has 0 spiro atoms. The second-order valence-electron chi connectivity index (χ2n) is 5.82. The first-order chi connectivity index (χ1) is 9.25. The largest absolute Gasteiger partial charge is 0.314 e. The second-order valence-corrected chi connectivity index (χ2v) is 6.74. The lowest BCUT2D eigenvalue weighted by molar-refractivity contribution is 0.397. The molecule has 3 unspecified atom stereocenters. The SMILES string of the molecule is CC(CC1CCCCCN1)NCC(C)c1nccs1. The van der Waals surface area contributed by atoms with E-state index in [1.165, 1.54) is 43.7 Å². The fraction of sp³-hybridized carbons (Fsp3) is 0.800. The molecule has 1 fully saturated rings.